The van der Waals surface area contributed by atoms with Crippen LogP contribution < -0.4 is 0 Å². The van der Waals surface area contributed by atoms with E-state index in [1.54, 1.807) is 0 Å². The molecule has 2 heteroatoms. The van der Waals surface area contributed by atoms with Gasteiger partial charge in [0.15, 0.2) is 0 Å². The summed E-state index contributed by atoms with van der Waals surface area (Å²) in [5.41, 5.74) is 0. The Morgan fingerprint density at radius 1 is 1.14 bits per heavy atom. The second-order valence-electron chi connectivity index (χ2n) is 1.49. The van der Waals surface area contributed by atoms with Crippen molar-refractivity contribution in [1.82, 2.24) is 0 Å². The summed E-state index contributed by atoms with van der Waals surface area (Å²) >= 11 is 0. The Kier molecular flexibility index (Phi) is 10.2. The maximum atomic E-state index is 2.34. The first-order valence-corrected chi connectivity index (χ1v) is 4.65. The molecule has 0 atom stereocenters. The minimum Gasteiger partial charge on any atom is -0.147 e. The first kappa shape index (κ1) is 10.7. The van der Waals surface area contributed by atoms with Gasteiger partial charge in [0.05, 0.1) is 0 Å². The molecule has 0 nitrogen and oxygen atoms in total. The molecule has 0 spiro atoms. The first-order chi connectivity index (χ1) is 2.81. The van der Waals surface area contributed by atoms with E-state index < -0.39 is 0 Å². The van der Waals surface area contributed by atoms with E-state index >= 15 is 0 Å². The molecule has 0 fully saturated rings. The van der Waals surface area contributed by atoms with Gasteiger partial charge in [0, 0.05) is 0 Å². The molecule has 0 aliphatic heterocycles. The molecule has 0 aliphatic carbocycles. The van der Waals surface area contributed by atoms with E-state index in [1.807, 2.05) is 0 Å². The van der Waals surface area contributed by atoms with Gasteiger partial charge in [-0.3, -0.25) is 0 Å². The Labute approximate surface area is 53.9 Å². The normalized spacial score (nSPS) is 8.57. The molecule has 0 saturated carbocycles. The molecule has 0 bridgehead atoms. The van der Waals surface area contributed by atoms with Crippen molar-refractivity contribution in [1.29, 1.82) is 0 Å². The standard InChI is InChI=1S/C5H13P.ClH/c1-4-6(3)5-2;/h4-5H2,1-3H3;1H. The number of rotatable bonds is 2. The van der Waals surface area contributed by atoms with Gasteiger partial charge in [-0.2, -0.15) is 0 Å². The lowest BCUT2D eigenvalue weighted by atomic mass is 11.0. The zero-order valence-electron chi connectivity index (χ0n) is 5.27. The van der Waals surface area contributed by atoms with E-state index in [-0.39, 0.29) is 12.4 Å². The van der Waals surface area contributed by atoms with E-state index in [1.165, 1.54) is 12.3 Å². The lowest BCUT2D eigenvalue weighted by Crippen LogP contribution is -1.75. The maximum Gasteiger partial charge on any atom is -0.0357 e. The van der Waals surface area contributed by atoms with Crippen LogP contribution in [0.15, 0.2) is 0 Å². The molecular weight excluding hydrogens is 126 g/mol. The summed E-state index contributed by atoms with van der Waals surface area (Å²) < 4.78 is 0. The van der Waals surface area contributed by atoms with E-state index in [4.69, 9.17) is 0 Å². The molecule has 0 aromatic heterocycles. The zero-order valence-corrected chi connectivity index (χ0v) is 6.98. The number of hydrogen-bond acceptors (Lipinski definition) is 0. The van der Waals surface area contributed by atoms with Crippen LogP contribution in [0.4, 0.5) is 0 Å². The largest absolute Gasteiger partial charge is 0.147 e. The fourth-order valence-corrected chi connectivity index (χ4v) is 0.671. The molecule has 0 N–H and O–H groups in total. The molecule has 0 amide bonds. The lowest BCUT2D eigenvalue weighted by Gasteiger charge is -2.00. The summed E-state index contributed by atoms with van der Waals surface area (Å²) in [6, 6.07) is 0. The molecule has 0 unspecified atom stereocenters. The van der Waals surface area contributed by atoms with Crippen molar-refractivity contribution in [3.8, 4) is 0 Å². The molecule has 0 radical (unpaired) electrons. The predicted molar refractivity (Wildman–Crippen MR) is 41.2 cm³/mol. The SMILES string of the molecule is CCP(C)CC.Cl. The minimum atomic E-state index is 0. The molecule has 0 heterocycles. The van der Waals surface area contributed by atoms with E-state index in [0.29, 0.717) is 7.92 Å². The molecule has 0 aromatic rings. The molecule has 0 aliphatic rings. The van der Waals surface area contributed by atoms with Crippen LogP contribution >= 0.6 is 20.3 Å². The quantitative estimate of drug-likeness (QED) is 0.518. The molecule has 0 saturated heterocycles. The van der Waals surface area contributed by atoms with Crippen molar-refractivity contribution >= 4 is 20.3 Å². The highest BCUT2D eigenvalue weighted by atomic mass is 35.5. The molecule has 0 aromatic carbocycles. The van der Waals surface area contributed by atoms with Crippen LogP contribution in [0.1, 0.15) is 13.8 Å². The van der Waals surface area contributed by atoms with Crippen LogP contribution in [0.5, 0.6) is 0 Å². The average molecular weight is 141 g/mol. The summed E-state index contributed by atoms with van der Waals surface area (Å²) in [6.07, 6.45) is 2.79. The Bertz CT molecular complexity index is 27.3. The fourth-order valence-electron chi connectivity index (χ4n) is 0.224. The van der Waals surface area contributed by atoms with Crippen LogP contribution in [0.25, 0.3) is 0 Å². The third-order valence-electron chi connectivity index (χ3n) is 1.08. The highest BCUT2D eigenvalue weighted by Crippen LogP contribution is 2.27. The van der Waals surface area contributed by atoms with Crippen LogP contribution in [0.3, 0.4) is 0 Å². The number of hydrogen-bond donors (Lipinski definition) is 0. The summed E-state index contributed by atoms with van der Waals surface area (Å²) in [7, 11) is 0.424. The summed E-state index contributed by atoms with van der Waals surface area (Å²) in [4.78, 5) is 0. The van der Waals surface area contributed by atoms with E-state index in [9.17, 15) is 0 Å². The Morgan fingerprint density at radius 3 is 1.43 bits per heavy atom. The van der Waals surface area contributed by atoms with Crippen LogP contribution in [0, 0.1) is 0 Å². The topological polar surface area (TPSA) is 0 Å². The van der Waals surface area contributed by atoms with Crippen LogP contribution in [-0.4, -0.2) is 19.0 Å². The second-order valence-corrected chi connectivity index (χ2v) is 4.47. The summed E-state index contributed by atoms with van der Waals surface area (Å²) in [6.45, 7) is 6.86. The van der Waals surface area contributed by atoms with Gasteiger partial charge in [0.25, 0.3) is 0 Å². The van der Waals surface area contributed by atoms with E-state index in [2.05, 4.69) is 20.5 Å². The Balaban J connectivity index is 0. The van der Waals surface area contributed by atoms with Crippen molar-refractivity contribution < 1.29 is 0 Å². The molecule has 0 rings (SSSR count). The molecule has 7 heavy (non-hydrogen) atoms. The third kappa shape index (κ3) is 6.72. The zero-order chi connectivity index (χ0) is 4.99. The fraction of sp³-hybridized carbons (Fsp3) is 1.00. The van der Waals surface area contributed by atoms with Crippen molar-refractivity contribution in [2.45, 2.75) is 13.8 Å². The Morgan fingerprint density at radius 2 is 1.43 bits per heavy atom. The summed E-state index contributed by atoms with van der Waals surface area (Å²) in [5.74, 6) is 0. The van der Waals surface area contributed by atoms with Gasteiger partial charge in [-0.15, -0.1) is 20.3 Å². The van der Waals surface area contributed by atoms with Gasteiger partial charge in [-0.05, 0) is 19.0 Å². The number of halogens is 1. The van der Waals surface area contributed by atoms with Crippen molar-refractivity contribution in [2.75, 3.05) is 19.0 Å². The first-order valence-electron chi connectivity index (χ1n) is 2.49. The van der Waals surface area contributed by atoms with Gasteiger partial charge >= 0.3 is 0 Å². The highest BCUT2D eigenvalue weighted by molar-refractivity contribution is 7.56. The minimum absolute atomic E-state index is 0. The monoisotopic (exact) mass is 140 g/mol. The van der Waals surface area contributed by atoms with Crippen molar-refractivity contribution in [2.24, 2.45) is 0 Å². The highest BCUT2D eigenvalue weighted by Gasteiger charge is 1.87. The third-order valence-corrected chi connectivity index (χ3v) is 3.24. The van der Waals surface area contributed by atoms with Crippen LogP contribution in [-0.2, 0) is 0 Å². The van der Waals surface area contributed by atoms with E-state index in [0.717, 1.165) is 0 Å². The van der Waals surface area contributed by atoms with Gasteiger partial charge in [0.1, 0.15) is 0 Å². The predicted octanol–water partition coefficient (Wildman–Crippen LogP) is 2.56. The second kappa shape index (κ2) is 6.72. The van der Waals surface area contributed by atoms with Crippen LogP contribution in [0.2, 0.25) is 0 Å². The Hall–Kier alpha value is 0.720. The lowest BCUT2D eigenvalue weighted by molar-refractivity contribution is 1.41. The van der Waals surface area contributed by atoms with Gasteiger partial charge in [-0.1, -0.05) is 13.8 Å². The smallest absolute Gasteiger partial charge is 0.0357 e. The van der Waals surface area contributed by atoms with Gasteiger partial charge in [-0.25, -0.2) is 0 Å². The average Bonchev–Trinajstić information content (AvgIpc) is 1.65. The van der Waals surface area contributed by atoms with Crippen molar-refractivity contribution in [3.05, 3.63) is 0 Å². The molecular formula is C5H14ClP. The van der Waals surface area contributed by atoms with Crippen molar-refractivity contribution in [3.63, 3.8) is 0 Å². The van der Waals surface area contributed by atoms with Gasteiger partial charge < -0.3 is 0 Å². The van der Waals surface area contributed by atoms with Gasteiger partial charge in [0.2, 0.25) is 0 Å². The summed E-state index contributed by atoms with van der Waals surface area (Å²) in [5, 5.41) is 0. The maximum absolute atomic E-state index is 2.34. The molecule has 46 valence electrons.